The van der Waals surface area contributed by atoms with Gasteiger partial charge in [-0.1, -0.05) is 0 Å². The molecule has 1 heterocycles. The lowest BCUT2D eigenvalue weighted by Crippen LogP contribution is -2.25. The Morgan fingerprint density at radius 3 is 3.15 bits per heavy atom. The van der Waals surface area contributed by atoms with Gasteiger partial charge in [-0.25, -0.2) is 4.79 Å². The van der Waals surface area contributed by atoms with E-state index in [2.05, 4.69) is 5.32 Å². The number of thioether (sulfide) groups is 1. The lowest BCUT2D eigenvalue weighted by atomic mass is 10.6. The predicted molar refractivity (Wildman–Crippen MR) is 51.3 cm³/mol. The fourth-order valence-electron chi connectivity index (χ4n) is 0.890. The maximum absolute atomic E-state index is 11.0. The van der Waals surface area contributed by atoms with E-state index in [0.717, 1.165) is 16.5 Å². The number of ether oxygens (including phenoxy) is 2. The Bertz CT molecular complexity index is 227. The molecule has 0 fully saturated rings. The predicted octanol–water partition coefficient (Wildman–Crippen LogP) is 1.68. The smallest absolute Gasteiger partial charge is 0.412 e. The van der Waals surface area contributed by atoms with E-state index in [-0.39, 0.29) is 0 Å². The van der Waals surface area contributed by atoms with E-state index in [1.54, 1.807) is 18.7 Å². The summed E-state index contributed by atoms with van der Waals surface area (Å²) >= 11 is 1.57. The fourth-order valence-corrected chi connectivity index (χ4v) is 1.68. The van der Waals surface area contributed by atoms with Crippen LogP contribution >= 0.6 is 11.8 Å². The van der Waals surface area contributed by atoms with Gasteiger partial charge in [0.05, 0.1) is 13.2 Å². The van der Waals surface area contributed by atoms with Crippen molar-refractivity contribution in [1.29, 1.82) is 0 Å². The molecule has 0 spiro atoms. The van der Waals surface area contributed by atoms with Gasteiger partial charge < -0.3 is 9.47 Å². The fraction of sp³-hybridized carbons (Fsp3) is 0.625. The van der Waals surface area contributed by atoms with Crippen LogP contribution in [0.25, 0.3) is 0 Å². The number of nitrogens with one attached hydrogen (secondary N) is 1. The highest BCUT2D eigenvalue weighted by molar-refractivity contribution is 8.03. The maximum atomic E-state index is 11.0. The minimum atomic E-state index is -0.421. The molecule has 13 heavy (non-hydrogen) atoms. The molecule has 1 aliphatic heterocycles. The van der Waals surface area contributed by atoms with Crippen LogP contribution in [0.1, 0.15) is 13.8 Å². The number of rotatable bonds is 2. The Kier molecular flexibility index (Phi) is 3.95. The molecule has 0 aromatic rings. The molecule has 0 unspecified atom stereocenters. The second-order valence-corrected chi connectivity index (χ2v) is 3.53. The highest BCUT2D eigenvalue weighted by Crippen LogP contribution is 2.22. The lowest BCUT2D eigenvalue weighted by Gasteiger charge is -2.18. The molecule has 0 atom stereocenters. The van der Waals surface area contributed by atoms with E-state index in [1.807, 2.05) is 6.92 Å². The number of carbonyl (C=O) groups is 1. The van der Waals surface area contributed by atoms with Crippen molar-refractivity contribution in [3.63, 3.8) is 0 Å². The van der Waals surface area contributed by atoms with Crippen LogP contribution in [0.4, 0.5) is 4.79 Å². The normalized spacial score (nSPS) is 16.5. The van der Waals surface area contributed by atoms with Gasteiger partial charge in [0.1, 0.15) is 10.8 Å². The van der Waals surface area contributed by atoms with Crippen molar-refractivity contribution in [1.82, 2.24) is 5.32 Å². The summed E-state index contributed by atoms with van der Waals surface area (Å²) in [5.41, 5.74) is 0. The summed E-state index contributed by atoms with van der Waals surface area (Å²) < 4.78 is 10.00. The number of hydrogen-bond acceptors (Lipinski definition) is 4. The van der Waals surface area contributed by atoms with E-state index in [1.165, 1.54) is 0 Å². The first-order chi connectivity index (χ1) is 6.24. The molecule has 1 aliphatic rings. The van der Waals surface area contributed by atoms with Crippen LogP contribution in [0, 0.1) is 0 Å². The summed E-state index contributed by atoms with van der Waals surface area (Å²) in [6.45, 7) is 4.67. The molecule has 74 valence electrons. The lowest BCUT2D eigenvalue weighted by molar-refractivity contribution is 0.154. The zero-order chi connectivity index (χ0) is 9.68. The van der Waals surface area contributed by atoms with Crippen molar-refractivity contribution in [3.05, 3.63) is 10.8 Å². The van der Waals surface area contributed by atoms with Crippen LogP contribution in [0.5, 0.6) is 0 Å². The van der Waals surface area contributed by atoms with E-state index in [0.29, 0.717) is 13.2 Å². The molecule has 0 saturated heterocycles. The Labute approximate surface area is 81.7 Å². The van der Waals surface area contributed by atoms with Gasteiger partial charge in [0.2, 0.25) is 0 Å². The first kappa shape index (κ1) is 10.2. The largest absolute Gasteiger partial charge is 0.495 e. The standard InChI is InChI=1S/C8H13NO3S/c1-3-11-8(10)9-7-6(2)12-4-5-13-7/h3-5H2,1-2H3,(H,9,10). The molecule has 0 radical (unpaired) electrons. The van der Waals surface area contributed by atoms with Crippen molar-refractivity contribution in [2.75, 3.05) is 19.0 Å². The highest BCUT2D eigenvalue weighted by Gasteiger charge is 2.13. The summed E-state index contributed by atoms with van der Waals surface area (Å²) in [7, 11) is 0. The summed E-state index contributed by atoms with van der Waals surface area (Å²) in [4.78, 5) is 11.0. The molecule has 0 bridgehead atoms. The molecule has 0 aromatic carbocycles. The third kappa shape index (κ3) is 3.18. The van der Waals surface area contributed by atoms with Crippen molar-refractivity contribution in [3.8, 4) is 0 Å². The zero-order valence-corrected chi connectivity index (χ0v) is 8.57. The monoisotopic (exact) mass is 203 g/mol. The minimum Gasteiger partial charge on any atom is -0.495 e. The number of alkyl carbamates (subject to hydrolysis) is 1. The second kappa shape index (κ2) is 5.01. The van der Waals surface area contributed by atoms with E-state index in [4.69, 9.17) is 9.47 Å². The molecule has 0 aromatic heterocycles. The van der Waals surface area contributed by atoms with Gasteiger partial charge >= 0.3 is 6.09 Å². The molecule has 0 saturated carbocycles. The molecule has 1 rings (SSSR count). The van der Waals surface area contributed by atoms with Crippen molar-refractivity contribution >= 4 is 17.9 Å². The van der Waals surface area contributed by atoms with Crippen molar-refractivity contribution in [2.24, 2.45) is 0 Å². The number of amides is 1. The molecule has 1 N–H and O–H groups in total. The average Bonchev–Trinajstić information content (AvgIpc) is 2.09. The SMILES string of the molecule is CCOC(=O)NC1=C(C)OCCS1. The summed E-state index contributed by atoms with van der Waals surface area (Å²) in [6, 6.07) is 0. The minimum absolute atomic E-state index is 0.379. The van der Waals surface area contributed by atoms with E-state index >= 15 is 0 Å². The first-order valence-electron chi connectivity index (χ1n) is 4.14. The van der Waals surface area contributed by atoms with Gasteiger partial charge in [-0.15, -0.1) is 11.8 Å². The van der Waals surface area contributed by atoms with Gasteiger partial charge in [-0.2, -0.15) is 0 Å². The molecular weight excluding hydrogens is 190 g/mol. The van der Waals surface area contributed by atoms with Crippen molar-refractivity contribution in [2.45, 2.75) is 13.8 Å². The second-order valence-electron chi connectivity index (χ2n) is 2.43. The highest BCUT2D eigenvalue weighted by atomic mass is 32.2. The van der Waals surface area contributed by atoms with E-state index in [9.17, 15) is 4.79 Å². The van der Waals surface area contributed by atoms with Gasteiger partial charge in [-0.3, -0.25) is 5.32 Å². The first-order valence-corrected chi connectivity index (χ1v) is 5.13. The molecular formula is C8H13NO3S. The third-order valence-corrected chi connectivity index (χ3v) is 2.51. The van der Waals surface area contributed by atoms with Gasteiger partial charge in [0.15, 0.2) is 0 Å². The van der Waals surface area contributed by atoms with Crippen LogP contribution in [0.15, 0.2) is 10.8 Å². The Morgan fingerprint density at radius 2 is 2.54 bits per heavy atom. The summed E-state index contributed by atoms with van der Waals surface area (Å²) in [5, 5.41) is 3.38. The molecule has 5 heteroatoms. The Morgan fingerprint density at radius 1 is 1.77 bits per heavy atom. The number of allylic oxidation sites excluding steroid dienone is 1. The maximum Gasteiger partial charge on any atom is 0.412 e. The van der Waals surface area contributed by atoms with Crippen LogP contribution < -0.4 is 5.32 Å². The van der Waals surface area contributed by atoms with Gasteiger partial charge in [0.25, 0.3) is 0 Å². The Hall–Kier alpha value is -0.840. The van der Waals surface area contributed by atoms with Gasteiger partial charge in [-0.05, 0) is 13.8 Å². The van der Waals surface area contributed by atoms with Crippen LogP contribution in [0.3, 0.4) is 0 Å². The molecule has 0 aliphatic carbocycles. The van der Waals surface area contributed by atoms with Gasteiger partial charge in [0, 0.05) is 5.75 Å². The Balaban J connectivity index is 2.46. The molecule has 1 amide bonds. The van der Waals surface area contributed by atoms with Crippen LogP contribution in [-0.2, 0) is 9.47 Å². The van der Waals surface area contributed by atoms with E-state index < -0.39 is 6.09 Å². The number of hydrogen-bond donors (Lipinski definition) is 1. The van der Waals surface area contributed by atoms with Crippen LogP contribution in [0.2, 0.25) is 0 Å². The quantitative estimate of drug-likeness (QED) is 0.741. The number of carbonyl (C=O) groups excluding carboxylic acids is 1. The van der Waals surface area contributed by atoms with Crippen LogP contribution in [-0.4, -0.2) is 25.1 Å². The zero-order valence-electron chi connectivity index (χ0n) is 7.75. The summed E-state index contributed by atoms with van der Waals surface area (Å²) in [5.74, 6) is 1.61. The molecule has 4 nitrogen and oxygen atoms in total. The third-order valence-electron chi connectivity index (χ3n) is 1.46. The topological polar surface area (TPSA) is 47.6 Å². The average molecular weight is 203 g/mol. The summed E-state index contributed by atoms with van der Waals surface area (Å²) in [6.07, 6.45) is -0.421. The van der Waals surface area contributed by atoms with Crippen molar-refractivity contribution < 1.29 is 14.3 Å².